The van der Waals surface area contributed by atoms with Crippen LogP contribution < -0.4 is 0 Å². The van der Waals surface area contributed by atoms with Crippen LogP contribution in [-0.2, 0) is 13.1 Å². The molecular formula is C16H18FNO. The third-order valence-corrected chi connectivity index (χ3v) is 2.98. The summed E-state index contributed by atoms with van der Waals surface area (Å²) in [7, 11) is 0. The molecule has 0 saturated carbocycles. The minimum atomic E-state index is -0.222. The van der Waals surface area contributed by atoms with Crippen molar-refractivity contribution in [1.29, 1.82) is 0 Å². The van der Waals surface area contributed by atoms with Crippen molar-refractivity contribution in [2.45, 2.75) is 13.1 Å². The van der Waals surface area contributed by atoms with Crippen LogP contribution in [0.1, 0.15) is 11.1 Å². The second-order valence-electron chi connectivity index (χ2n) is 4.55. The lowest BCUT2D eigenvalue weighted by atomic mass is 10.1. The van der Waals surface area contributed by atoms with Crippen molar-refractivity contribution in [1.82, 2.24) is 4.90 Å². The van der Waals surface area contributed by atoms with Gasteiger partial charge in [-0.3, -0.25) is 4.90 Å². The van der Waals surface area contributed by atoms with Crippen LogP contribution in [0, 0.1) is 5.82 Å². The van der Waals surface area contributed by atoms with Gasteiger partial charge in [0.15, 0.2) is 0 Å². The number of aliphatic hydroxyl groups excluding tert-OH is 1. The van der Waals surface area contributed by atoms with Crippen LogP contribution in [0.5, 0.6) is 0 Å². The quantitative estimate of drug-likeness (QED) is 0.862. The normalized spacial score (nSPS) is 10.9. The first-order chi connectivity index (χ1) is 9.28. The van der Waals surface area contributed by atoms with Crippen molar-refractivity contribution in [3.05, 3.63) is 71.5 Å². The van der Waals surface area contributed by atoms with Crippen molar-refractivity contribution < 1.29 is 9.50 Å². The molecule has 0 radical (unpaired) electrons. The Balaban J connectivity index is 2.01. The van der Waals surface area contributed by atoms with Gasteiger partial charge < -0.3 is 5.11 Å². The summed E-state index contributed by atoms with van der Waals surface area (Å²) in [4.78, 5) is 2.14. The summed E-state index contributed by atoms with van der Waals surface area (Å²) < 4.78 is 12.9. The number of benzene rings is 2. The highest BCUT2D eigenvalue weighted by atomic mass is 19.1. The van der Waals surface area contributed by atoms with Crippen LogP contribution in [0.4, 0.5) is 4.39 Å². The summed E-state index contributed by atoms with van der Waals surface area (Å²) in [6, 6.07) is 16.6. The summed E-state index contributed by atoms with van der Waals surface area (Å²) >= 11 is 0. The van der Waals surface area contributed by atoms with Crippen molar-refractivity contribution in [3.63, 3.8) is 0 Å². The fourth-order valence-electron chi connectivity index (χ4n) is 2.05. The summed E-state index contributed by atoms with van der Waals surface area (Å²) in [5.41, 5.74) is 2.25. The van der Waals surface area contributed by atoms with E-state index in [0.29, 0.717) is 13.1 Å². The maximum Gasteiger partial charge on any atom is 0.123 e. The molecule has 0 unspecified atom stereocenters. The minimum Gasteiger partial charge on any atom is -0.395 e. The largest absolute Gasteiger partial charge is 0.395 e. The van der Waals surface area contributed by atoms with Crippen LogP contribution in [0.3, 0.4) is 0 Å². The predicted octanol–water partition coefficient (Wildman–Crippen LogP) is 2.82. The molecule has 2 aromatic carbocycles. The molecule has 0 atom stereocenters. The van der Waals surface area contributed by atoms with E-state index in [9.17, 15) is 4.39 Å². The van der Waals surface area contributed by atoms with E-state index in [2.05, 4.69) is 17.0 Å². The molecule has 0 bridgehead atoms. The first-order valence-electron chi connectivity index (χ1n) is 6.39. The van der Waals surface area contributed by atoms with Crippen molar-refractivity contribution in [3.8, 4) is 0 Å². The van der Waals surface area contributed by atoms with Crippen LogP contribution in [0.15, 0.2) is 54.6 Å². The summed E-state index contributed by atoms with van der Waals surface area (Å²) in [5.74, 6) is -0.222. The molecule has 0 aliphatic heterocycles. The molecule has 0 aromatic heterocycles. The highest BCUT2D eigenvalue weighted by Crippen LogP contribution is 2.10. The van der Waals surface area contributed by atoms with Crippen LogP contribution in [-0.4, -0.2) is 23.2 Å². The zero-order valence-electron chi connectivity index (χ0n) is 10.8. The van der Waals surface area contributed by atoms with Gasteiger partial charge in [-0.25, -0.2) is 4.39 Å². The number of hydrogen-bond acceptors (Lipinski definition) is 2. The molecule has 100 valence electrons. The molecule has 2 aromatic rings. The van der Waals surface area contributed by atoms with Gasteiger partial charge in [0.1, 0.15) is 5.82 Å². The molecule has 2 rings (SSSR count). The van der Waals surface area contributed by atoms with E-state index in [0.717, 1.165) is 12.1 Å². The number of halogens is 1. The van der Waals surface area contributed by atoms with Gasteiger partial charge in [-0.05, 0) is 23.3 Å². The molecule has 0 spiro atoms. The topological polar surface area (TPSA) is 23.5 Å². The zero-order chi connectivity index (χ0) is 13.5. The Morgan fingerprint density at radius 3 is 2.00 bits per heavy atom. The Morgan fingerprint density at radius 2 is 1.42 bits per heavy atom. The number of hydrogen-bond donors (Lipinski definition) is 1. The Bertz CT molecular complexity index is 484. The van der Waals surface area contributed by atoms with E-state index in [1.165, 1.54) is 17.7 Å². The Kier molecular flexibility index (Phi) is 5.07. The summed E-state index contributed by atoms with van der Waals surface area (Å²) in [6.45, 7) is 2.20. The lowest BCUT2D eigenvalue weighted by molar-refractivity contribution is 0.184. The molecule has 1 N–H and O–H groups in total. The average molecular weight is 259 g/mol. The van der Waals surface area contributed by atoms with E-state index in [-0.39, 0.29) is 12.4 Å². The monoisotopic (exact) mass is 259 g/mol. The lowest BCUT2D eigenvalue weighted by Crippen LogP contribution is -2.26. The van der Waals surface area contributed by atoms with E-state index in [4.69, 9.17) is 5.11 Å². The Morgan fingerprint density at radius 1 is 0.842 bits per heavy atom. The summed E-state index contributed by atoms with van der Waals surface area (Å²) in [6.07, 6.45) is 0. The second kappa shape index (κ2) is 7.02. The lowest BCUT2D eigenvalue weighted by Gasteiger charge is -2.21. The molecule has 2 nitrogen and oxygen atoms in total. The minimum absolute atomic E-state index is 0.119. The highest BCUT2D eigenvalue weighted by Gasteiger charge is 2.06. The average Bonchev–Trinajstić information content (AvgIpc) is 2.43. The molecule has 0 fully saturated rings. The van der Waals surface area contributed by atoms with Crippen LogP contribution in [0.25, 0.3) is 0 Å². The zero-order valence-corrected chi connectivity index (χ0v) is 10.8. The van der Waals surface area contributed by atoms with Gasteiger partial charge in [-0.15, -0.1) is 0 Å². The standard InChI is InChI=1S/C16H18FNO/c17-16-8-6-15(7-9-16)13-18(10-11-19)12-14-4-2-1-3-5-14/h1-9,19H,10-13H2. The maximum atomic E-state index is 12.9. The predicted molar refractivity (Wildman–Crippen MR) is 74.0 cm³/mol. The van der Waals surface area contributed by atoms with Crippen molar-refractivity contribution in [2.24, 2.45) is 0 Å². The number of aliphatic hydroxyl groups is 1. The fraction of sp³-hybridized carbons (Fsp3) is 0.250. The van der Waals surface area contributed by atoms with Gasteiger partial charge in [0.2, 0.25) is 0 Å². The molecule has 0 saturated heterocycles. The Labute approximate surface area is 113 Å². The highest BCUT2D eigenvalue weighted by molar-refractivity contribution is 5.17. The molecule has 0 amide bonds. The first kappa shape index (κ1) is 13.7. The van der Waals surface area contributed by atoms with Crippen LogP contribution >= 0.6 is 0 Å². The number of nitrogens with zero attached hydrogens (tertiary/aromatic N) is 1. The van der Waals surface area contributed by atoms with Gasteiger partial charge in [0, 0.05) is 19.6 Å². The van der Waals surface area contributed by atoms with E-state index < -0.39 is 0 Å². The smallest absolute Gasteiger partial charge is 0.123 e. The molecular weight excluding hydrogens is 241 g/mol. The molecule has 0 aliphatic carbocycles. The van der Waals surface area contributed by atoms with E-state index >= 15 is 0 Å². The first-order valence-corrected chi connectivity index (χ1v) is 6.39. The molecule has 0 heterocycles. The third-order valence-electron chi connectivity index (χ3n) is 2.98. The summed E-state index contributed by atoms with van der Waals surface area (Å²) in [5, 5.41) is 9.14. The molecule has 3 heteroatoms. The second-order valence-corrected chi connectivity index (χ2v) is 4.55. The van der Waals surface area contributed by atoms with Gasteiger partial charge >= 0.3 is 0 Å². The van der Waals surface area contributed by atoms with Crippen molar-refractivity contribution >= 4 is 0 Å². The van der Waals surface area contributed by atoms with Gasteiger partial charge in [0.25, 0.3) is 0 Å². The fourth-order valence-corrected chi connectivity index (χ4v) is 2.05. The van der Waals surface area contributed by atoms with Gasteiger partial charge in [-0.1, -0.05) is 42.5 Å². The number of rotatable bonds is 6. The van der Waals surface area contributed by atoms with E-state index in [1.54, 1.807) is 12.1 Å². The molecule has 19 heavy (non-hydrogen) atoms. The SMILES string of the molecule is OCCN(Cc1ccccc1)Cc1ccc(F)cc1. The Hall–Kier alpha value is -1.71. The van der Waals surface area contributed by atoms with Gasteiger partial charge in [0.05, 0.1) is 6.61 Å². The maximum absolute atomic E-state index is 12.9. The van der Waals surface area contributed by atoms with Crippen LogP contribution in [0.2, 0.25) is 0 Å². The third kappa shape index (κ3) is 4.47. The molecule has 0 aliphatic rings. The van der Waals surface area contributed by atoms with E-state index in [1.807, 2.05) is 18.2 Å². The van der Waals surface area contributed by atoms with Crippen molar-refractivity contribution in [2.75, 3.05) is 13.2 Å². The van der Waals surface area contributed by atoms with Gasteiger partial charge in [-0.2, -0.15) is 0 Å².